The van der Waals surface area contributed by atoms with Crippen LogP contribution >= 0.6 is 0 Å². The first kappa shape index (κ1) is 15.9. The van der Waals surface area contributed by atoms with E-state index >= 15 is 0 Å². The molecule has 1 heterocycles. The lowest BCUT2D eigenvalue weighted by atomic mass is 10.1. The SMILES string of the molecule is CCCCCCCCCCC1COC(O)C(O)O1. The van der Waals surface area contributed by atoms with Gasteiger partial charge < -0.3 is 19.7 Å². The van der Waals surface area contributed by atoms with Gasteiger partial charge in [0.05, 0.1) is 12.7 Å². The third-order valence-electron chi connectivity index (χ3n) is 3.41. The van der Waals surface area contributed by atoms with E-state index in [4.69, 9.17) is 14.6 Å². The summed E-state index contributed by atoms with van der Waals surface area (Å²) in [6, 6.07) is 0. The molecule has 0 spiro atoms. The lowest BCUT2D eigenvalue weighted by Crippen LogP contribution is -2.43. The van der Waals surface area contributed by atoms with Gasteiger partial charge in [-0.3, -0.25) is 0 Å². The Hall–Kier alpha value is -0.160. The monoisotopic (exact) mass is 260 g/mol. The van der Waals surface area contributed by atoms with Gasteiger partial charge >= 0.3 is 0 Å². The van der Waals surface area contributed by atoms with Crippen molar-refractivity contribution in [2.45, 2.75) is 83.4 Å². The summed E-state index contributed by atoms with van der Waals surface area (Å²) < 4.78 is 10.2. The molecule has 1 aliphatic rings. The maximum absolute atomic E-state index is 9.27. The van der Waals surface area contributed by atoms with Crippen molar-refractivity contribution in [1.82, 2.24) is 0 Å². The van der Waals surface area contributed by atoms with Gasteiger partial charge in [0, 0.05) is 0 Å². The van der Waals surface area contributed by atoms with Crippen LogP contribution in [0.1, 0.15) is 64.7 Å². The van der Waals surface area contributed by atoms with E-state index in [1.807, 2.05) is 0 Å². The molecule has 0 aromatic carbocycles. The number of hydrogen-bond acceptors (Lipinski definition) is 4. The van der Waals surface area contributed by atoms with Gasteiger partial charge in [-0.25, -0.2) is 0 Å². The second kappa shape index (κ2) is 9.73. The molecule has 108 valence electrons. The second-order valence-electron chi connectivity index (χ2n) is 5.14. The number of unbranched alkanes of at least 4 members (excludes halogenated alkanes) is 7. The molecular formula is C14H28O4. The average molecular weight is 260 g/mol. The molecular weight excluding hydrogens is 232 g/mol. The van der Waals surface area contributed by atoms with E-state index in [1.165, 1.54) is 44.9 Å². The summed E-state index contributed by atoms with van der Waals surface area (Å²) in [5, 5.41) is 18.4. The van der Waals surface area contributed by atoms with Crippen molar-refractivity contribution in [1.29, 1.82) is 0 Å². The summed E-state index contributed by atoms with van der Waals surface area (Å²) in [5.41, 5.74) is 0. The van der Waals surface area contributed by atoms with Gasteiger partial charge in [0.15, 0.2) is 0 Å². The van der Waals surface area contributed by atoms with Crippen LogP contribution in [0.3, 0.4) is 0 Å². The number of aliphatic hydroxyl groups is 2. The maximum atomic E-state index is 9.27. The van der Waals surface area contributed by atoms with Crippen molar-refractivity contribution in [3.8, 4) is 0 Å². The number of hydrogen-bond donors (Lipinski definition) is 2. The zero-order chi connectivity index (χ0) is 13.2. The van der Waals surface area contributed by atoms with Gasteiger partial charge in [-0.2, -0.15) is 0 Å². The molecule has 2 N–H and O–H groups in total. The van der Waals surface area contributed by atoms with E-state index in [0.29, 0.717) is 6.61 Å². The first-order valence-corrected chi connectivity index (χ1v) is 7.37. The lowest BCUT2D eigenvalue weighted by molar-refractivity contribution is -0.315. The molecule has 0 radical (unpaired) electrons. The Bertz CT molecular complexity index is 198. The molecule has 4 heteroatoms. The molecule has 1 aliphatic heterocycles. The molecule has 0 saturated carbocycles. The molecule has 3 atom stereocenters. The fraction of sp³-hybridized carbons (Fsp3) is 1.00. The van der Waals surface area contributed by atoms with E-state index in [0.717, 1.165) is 12.8 Å². The predicted molar refractivity (Wildman–Crippen MR) is 70.1 cm³/mol. The largest absolute Gasteiger partial charge is 0.364 e. The highest BCUT2D eigenvalue weighted by atomic mass is 16.7. The summed E-state index contributed by atoms with van der Waals surface area (Å²) in [4.78, 5) is 0. The highest BCUT2D eigenvalue weighted by Crippen LogP contribution is 2.17. The lowest BCUT2D eigenvalue weighted by Gasteiger charge is -2.30. The summed E-state index contributed by atoms with van der Waals surface area (Å²) in [7, 11) is 0. The second-order valence-corrected chi connectivity index (χ2v) is 5.14. The first-order chi connectivity index (χ1) is 8.74. The van der Waals surface area contributed by atoms with Gasteiger partial charge in [-0.05, 0) is 6.42 Å². The summed E-state index contributed by atoms with van der Waals surface area (Å²) in [5.74, 6) is 0. The van der Waals surface area contributed by atoms with E-state index in [9.17, 15) is 5.11 Å². The number of aliphatic hydroxyl groups excluding tert-OH is 2. The highest BCUT2D eigenvalue weighted by molar-refractivity contribution is 4.65. The van der Waals surface area contributed by atoms with Crippen molar-refractivity contribution in [2.75, 3.05) is 6.61 Å². The molecule has 0 bridgehead atoms. The van der Waals surface area contributed by atoms with Crippen LogP contribution in [0, 0.1) is 0 Å². The van der Waals surface area contributed by atoms with Crippen LogP contribution in [0.15, 0.2) is 0 Å². The van der Waals surface area contributed by atoms with Crippen LogP contribution in [0.5, 0.6) is 0 Å². The third kappa shape index (κ3) is 6.69. The molecule has 0 aromatic rings. The van der Waals surface area contributed by atoms with Crippen molar-refractivity contribution >= 4 is 0 Å². The van der Waals surface area contributed by atoms with Crippen molar-refractivity contribution in [3.63, 3.8) is 0 Å². The standard InChI is InChI=1S/C14H28O4/c1-2-3-4-5-6-7-8-9-10-12-11-17-13(15)14(16)18-12/h12-16H,2-11H2,1H3. The zero-order valence-corrected chi connectivity index (χ0v) is 11.5. The van der Waals surface area contributed by atoms with Gasteiger partial charge in [-0.1, -0.05) is 58.3 Å². The van der Waals surface area contributed by atoms with E-state index < -0.39 is 12.6 Å². The van der Waals surface area contributed by atoms with Crippen LogP contribution in [-0.2, 0) is 9.47 Å². The first-order valence-electron chi connectivity index (χ1n) is 7.37. The molecule has 0 aliphatic carbocycles. The Labute approximate surface area is 110 Å². The quantitative estimate of drug-likeness (QED) is 0.626. The summed E-state index contributed by atoms with van der Waals surface area (Å²) >= 11 is 0. The molecule has 0 amide bonds. The molecule has 1 fully saturated rings. The summed E-state index contributed by atoms with van der Waals surface area (Å²) in [6.45, 7) is 2.62. The predicted octanol–water partition coefficient (Wildman–Crippen LogP) is 2.57. The zero-order valence-electron chi connectivity index (χ0n) is 11.5. The molecule has 4 nitrogen and oxygen atoms in total. The van der Waals surface area contributed by atoms with Crippen molar-refractivity contribution in [3.05, 3.63) is 0 Å². The maximum Gasteiger partial charge on any atom is 0.207 e. The molecule has 18 heavy (non-hydrogen) atoms. The highest BCUT2D eigenvalue weighted by Gasteiger charge is 2.28. The van der Waals surface area contributed by atoms with E-state index in [2.05, 4.69) is 6.92 Å². The Morgan fingerprint density at radius 1 is 0.889 bits per heavy atom. The van der Waals surface area contributed by atoms with Gasteiger partial charge in [-0.15, -0.1) is 0 Å². The Morgan fingerprint density at radius 3 is 2.11 bits per heavy atom. The van der Waals surface area contributed by atoms with Crippen LogP contribution in [0.4, 0.5) is 0 Å². The van der Waals surface area contributed by atoms with Gasteiger partial charge in [0.25, 0.3) is 0 Å². The van der Waals surface area contributed by atoms with Crippen LogP contribution < -0.4 is 0 Å². The normalized spacial score (nSPS) is 28.5. The number of rotatable bonds is 9. The van der Waals surface area contributed by atoms with Crippen molar-refractivity contribution < 1.29 is 19.7 Å². The molecule has 1 saturated heterocycles. The van der Waals surface area contributed by atoms with Gasteiger partial charge in [0.1, 0.15) is 0 Å². The topological polar surface area (TPSA) is 58.9 Å². The Kier molecular flexibility index (Phi) is 8.59. The molecule has 3 unspecified atom stereocenters. The Balaban J connectivity index is 1.89. The van der Waals surface area contributed by atoms with Gasteiger partial charge in [0.2, 0.25) is 12.6 Å². The van der Waals surface area contributed by atoms with E-state index in [1.54, 1.807) is 0 Å². The Morgan fingerprint density at radius 2 is 1.50 bits per heavy atom. The van der Waals surface area contributed by atoms with Crippen molar-refractivity contribution in [2.24, 2.45) is 0 Å². The fourth-order valence-electron chi connectivity index (χ4n) is 2.25. The molecule has 1 rings (SSSR count). The minimum atomic E-state index is -1.18. The summed E-state index contributed by atoms with van der Waals surface area (Å²) in [6.07, 6.45) is 8.75. The average Bonchev–Trinajstić information content (AvgIpc) is 2.37. The minimum Gasteiger partial charge on any atom is -0.364 e. The van der Waals surface area contributed by atoms with E-state index in [-0.39, 0.29) is 6.10 Å². The molecule has 0 aromatic heterocycles. The number of ether oxygens (including phenoxy) is 2. The van der Waals surface area contributed by atoms with Crippen LogP contribution in [-0.4, -0.2) is 35.5 Å². The minimum absolute atomic E-state index is 0.0662. The smallest absolute Gasteiger partial charge is 0.207 e. The third-order valence-corrected chi connectivity index (χ3v) is 3.41. The fourth-order valence-corrected chi connectivity index (χ4v) is 2.25. The van der Waals surface area contributed by atoms with Crippen LogP contribution in [0.2, 0.25) is 0 Å². The van der Waals surface area contributed by atoms with Crippen LogP contribution in [0.25, 0.3) is 0 Å².